The Bertz CT molecular complexity index is 494. The molecule has 0 heterocycles. The molecule has 0 saturated carbocycles. The van der Waals surface area contributed by atoms with Gasteiger partial charge in [-0.15, -0.1) is 0 Å². The van der Waals surface area contributed by atoms with E-state index < -0.39 is 0 Å². The average Bonchev–Trinajstić information content (AvgIpc) is 2.20. The van der Waals surface area contributed by atoms with Gasteiger partial charge in [-0.05, 0) is 16.8 Å². The number of benzene rings is 2. The molecule has 0 fully saturated rings. The van der Waals surface area contributed by atoms with Crippen molar-refractivity contribution in [3.05, 3.63) is 46.4 Å². The quantitative estimate of drug-likeness (QED) is 0.469. The van der Waals surface area contributed by atoms with Crippen molar-refractivity contribution in [3.8, 4) is 0 Å². The number of halogens is 1. The van der Waals surface area contributed by atoms with E-state index in [1.54, 1.807) is 0 Å². The fraction of sp³-hybridized carbons (Fsp3) is 0. The highest BCUT2D eigenvalue weighted by atomic mass is 79.9. The second kappa shape index (κ2) is 3.80. The van der Waals surface area contributed by atoms with Crippen LogP contribution in [0.3, 0.4) is 0 Å². The van der Waals surface area contributed by atoms with Crippen LogP contribution in [0.4, 0.5) is 0 Å². The first-order valence-corrected chi connectivity index (χ1v) is 4.97. The molecular formula is C11H8BrNO. The van der Waals surface area contributed by atoms with E-state index in [0.717, 1.165) is 20.8 Å². The van der Waals surface area contributed by atoms with Crippen LogP contribution in [0.1, 0.15) is 5.56 Å². The van der Waals surface area contributed by atoms with Gasteiger partial charge in [0.25, 0.3) is 0 Å². The summed E-state index contributed by atoms with van der Waals surface area (Å²) in [7, 11) is 0. The SMILES string of the molecule is O/N=C/c1cccc2c(Br)cccc12. The standard InChI is InChI=1S/C11H8BrNO/c12-11-6-2-4-9-8(7-13-14)3-1-5-10(9)11/h1-7,14H/b13-7+. The van der Waals surface area contributed by atoms with Crippen LogP contribution < -0.4 is 0 Å². The zero-order valence-corrected chi connectivity index (χ0v) is 8.90. The summed E-state index contributed by atoms with van der Waals surface area (Å²) in [6.07, 6.45) is 1.44. The predicted molar refractivity (Wildman–Crippen MR) is 61.0 cm³/mol. The molecule has 0 aliphatic heterocycles. The van der Waals surface area contributed by atoms with Gasteiger partial charge in [0.15, 0.2) is 0 Å². The molecule has 0 amide bonds. The molecule has 0 spiro atoms. The number of fused-ring (bicyclic) bond motifs is 1. The lowest BCUT2D eigenvalue weighted by Crippen LogP contribution is -1.84. The fourth-order valence-electron chi connectivity index (χ4n) is 1.47. The van der Waals surface area contributed by atoms with E-state index in [-0.39, 0.29) is 0 Å². The summed E-state index contributed by atoms with van der Waals surface area (Å²) in [6.45, 7) is 0. The smallest absolute Gasteiger partial charge is 0.0740 e. The van der Waals surface area contributed by atoms with Crippen LogP contribution in [0.25, 0.3) is 10.8 Å². The minimum atomic E-state index is 0.909. The zero-order chi connectivity index (χ0) is 9.97. The van der Waals surface area contributed by atoms with E-state index in [1.807, 2.05) is 36.4 Å². The Balaban J connectivity index is 2.81. The third kappa shape index (κ3) is 1.51. The van der Waals surface area contributed by atoms with Crippen molar-refractivity contribution in [3.63, 3.8) is 0 Å². The monoisotopic (exact) mass is 249 g/mol. The topological polar surface area (TPSA) is 32.6 Å². The van der Waals surface area contributed by atoms with Gasteiger partial charge in [-0.25, -0.2) is 0 Å². The summed E-state index contributed by atoms with van der Waals surface area (Å²) in [6, 6.07) is 11.8. The van der Waals surface area contributed by atoms with Crippen molar-refractivity contribution >= 4 is 32.9 Å². The van der Waals surface area contributed by atoms with Gasteiger partial charge < -0.3 is 5.21 Å². The Morgan fingerprint density at radius 1 is 1.07 bits per heavy atom. The van der Waals surface area contributed by atoms with Crippen molar-refractivity contribution in [1.29, 1.82) is 0 Å². The summed E-state index contributed by atoms with van der Waals surface area (Å²) in [5, 5.41) is 13.7. The summed E-state index contributed by atoms with van der Waals surface area (Å²) in [5.41, 5.74) is 0.909. The molecule has 0 aromatic heterocycles. The third-order valence-corrected chi connectivity index (χ3v) is 2.79. The molecule has 0 radical (unpaired) electrons. The van der Waals surface area contributed by atoms with Crippen LogP contribution in [0.2, 0.25) is 0 Å². The number of hydrogen-bond acceptors (Lipinski definition) is 2. The summed E-state index contributed by atoms with van der Waals surface area (Å²) in [4.78, 5) is 0. The molecule has 0 aliphatic rings. The van der Waals surface area contributed by atoms with Crippen molar-refractivity contribution in [1.82, 2.24) is 0 Å². The predicted octanol–water partition coefficient (Wildman–Crippen LogP) is 3.41. The summed E-state index contributed by atoms with van der Waals surface area (Å²) in [5.74, 6) is 0. The lowest BCUT2D eigenvalue weighted by molar-refractivity contribution is 0.322. The summed E-state index contributed by atoms with van der Waals surface area (Å²) < 4.78 is 1.04. The van der Waals surface area contributed by atoms with Gasteiger partial charge in [-0.2, -0.15) is 0 Å². The van der Waals surface area contributed by atoms with Crippen LogP contribution in [-0.4, -0.2) is 11.4 Å². The number of rotatable bonds is 1. The maximum atomic E-state index is 8.51. The molecule has 2 nitrogen and oxygen atoms in total. The molecule has 0 atom stereocenters. The largest absolute Gasteiger partial charge is 0.411 e. The van der Waals surface area contributed by atoms with Crippen molar-refractivity contribution in [2.24, 2.45) is 5.16 Å². The molecular weight excluding hydrogens is 242 g/mol. The Kier molecular flexibility index (Phi) is 2.50. The minimum Gasteiger partial charge on any atom is -0.411 e. The minimum absolute atomic E-state index is 0.909. The average molecular weight is 250 g/mol. The van der Waals surface area contributed by atoms with Gasteiger partial charge in [0.1, 0.15) is 0 Å². The molecule has 0 saturated heterocycles. The van der Waals surface area contributed by atoms with Crippen LogP contribution in [0.15, 0.2) is 46.0 Å². The Labute approximate surface area is 90.0 Å². The van der Waals surface area contributed by atoms with E-state index in [0.29, 0.717) is 0 Å². The molecule has 2 aromatic carbocycles. The van der Waals surface area contributed by atoms with Gasteiger partial charge in [-0.3, -0.25) is 0 Å². The molecule has 2 aromatic rings. The molecule has 1 N–H and O–H groups in total. The first kappa shape index (κ1) is 9.21. The molecule has 70 valence electrons. The molecule has 0 unspecified atom stereocenters. The first-order valence-electron chi connectivity index (χ1n) is 4.17. The Morgan fingerprint density at radius 3 is 2.57 bits per heavy atom. The van der Waals surface area contributed by atoms with Crippen LogP contribution in [-0.2, 0) is 0 Å². The fourth-order valence-corrected chi connectivity index (χ4v) is 1.97. The van der Waals surface area contributed by atoms with Gasteiger partial charge in [-0.1, -0.05) is 51.4 Å². The highest BCUT2D eigenvalue weighted by Gasteiger charge is 2.00. The highest BCUT2D eigenvalue weighted by molar-refractivity contribution is 9.10. The first-order chi connectivity index (χ1) is 6.83. The maximum absolute atomic E-state index is 8.51. The number of oxime groups is 1. The Morgan fingerprint density at radius 2 is 1.79 bits per heavy atom. The molecule has 0 aliphatic carbocycles. The number of hydrogen-bond donors (Lipinski definition) is 1. The molecule has 14 heavy (non-hydrogen) atoms. The lowest BCUT2D eigenvalue weighted by Gasteiger charge is -2.02. The Hall–Kier alpha value is -1.35. The second-order valence-electron chi connectivity index (χ2n) is 2.93. The van der Waals surface area contributed by atoms with Gasteiger partial charge in [0, 0.05) is 10.0 Å². The van der Waals surface area contributed by atoms with Crippen LogP contribution in [0.5, 0.6) is 0 Å². The third-order valence-electron chi connectivity index (χ3n) is 2.10. The van der Waals surface area contributed by atoms with E-state index in [9.17, 15) is 0 Å². The molecule has 3 heteroatoms. The van der Waals surface area contributed by atoms with Crippen molar-refractivity contribution in [2.75, 3.05) is 0 Å². The van der Waals surface area contributed by atoms with E-state index in [2.05, 4.69) is 21.1 Å². The van der Waals surface area contributed by atoms with Crippen molar-refractivity contribution in [2.45, 2.75) is 0 Å². The van der Waals surface area contributed by atoms with Gasteiger partial charge in [0.05, 0.1) is 6.21 Å². The second-order valence-corrected chi connectivity index (χ2v) is 3.78. The number of nitrogens with zero attached hydrogens (tertiary/aromatic N) is 1. The van der Waals surface area contributed by atoms with E-state index in [1.165, 1.54) is 6.21 Å². The maximum Gasteiger partial charge on any atom is 0.0740 e. The van der Waals surface area contributed by atoms with Crippen LogP contribution in [0, 0.1) is 0 Å². The van der Waals surface area contributed by atoms with Gasteiger partial charge >= 0.3 is 0 Å². The molecule has 0 bridgehead atoms. The van der Waals surface area contributed by atoms with Crippen molar-refractivity contribution < 1.29 is 5.21 Å². The highest BCUT2D eigenvalue weighted by Crippen LogP contribution is 2.25. The van der Waals surface area contributed by atoms with E-state index >= 15 is 0 Å². The van der Waals surface area contributed by atoms with Gasteiger partial charge in [0.2, 0.25) is 0 Å². The lowest BCUT2D eigenvalue weighted by atomic mass is 10.1. The normalized spacial score (nSPS) is 11.2. The zero-order valence-electron chi connectivity index (χ0n) is 7.31. The van der Waals surface area contributed by atoms with E-state index in [4.69, 9.17) is 5.21 Å². The van der Waals surface area contributed by atoms with Crippen LogP contribution >= 0.6 is 15.9 Å². The molecule has 2 rings (SSSR count). The summed E-state index contributed by atoms with van der Waals surface area (Å²) >= 11 is 3.48.